The lowest BCUT2D eigenvalue weighted by Gasteiger charge is -2.31. The number of amides is 3. The molecule has 1 heterocycles. The number of urea groups is 1. The number of ketones is 1. The summed E-state index contributed by atoms with van der Waals surface area (Å²) in [5.41, 5.74) is 1.86. The maximum atomic E-state index is 12.8. The molecule has 7 heteroatoms. The van der Waals surface area contributed by atoms with Gasteiger partial charge in [-0.3, -0.25) is 9.59 Å². The van der Waals surface area contributed by atoms with Gasteiger partial charge in [0.15, 0.2) is 5.78 Å². The number of hydrogen-bond acceptors (Lipinski definition) is 4. The molecule has 1 saturated heterocycles. The van der Waals surface area contributed by atoms with Crippen LogP contribution in [0.2, 0.25) is 0 Å². The number of methoxy groups -OCH3 is 1. The molecule has 0 radical (unpaired) electrons. The smallest absolute Gasteiger partial charge is 0.319 e. The molecule has 3 rings (SSSR count). The topological polar surface area (TPSA) is 87.7 Å². The molecule has 0 atom stereocenters. The fourth-order valence-corrected chi connectivity index (χ4v) is 3.64. The van der Waals surface area contributed by atoms with Crippen LogP contribution < -0.4 is 15.4 Å². The summed E-state index contributed by atoms with van der Waals surface area (Å²) in [5.74, 6) is 0.695. The minimum atomic E-state index is -0.280. The Hall–Kier alpha value is -3.35. The standard InChI is InChI=1S/C24H29N3O4/c1-16(2)25-24(30)26-20-8-4-19(5-9-20)23(29)27-14-12-18(13-15-27)22(28)17-6-10-21(31-3)11-7-17/h4-11,16,18H,12-15H2,1-3H3,(H2,25,26,30). The van der Waals surface area contributed by atoms with E-state index >= 15 is 0 Å². The van der Waals surface area contributed by atoms with Gasteiger partial charge in [-0.25, -0.2) is 4.79 Å². The van der Waals surface area contributed by atoms with Crippen LogP contribution in [0.25, 0.3) is 0 Å². The van der Waals surface area contributed by atoms with E-state index in [-0.39, 0.29) is 29.7 Å². The van der Waals surface area contributed by atoms with Crippen molar-refractivity contribution in [3.05, 3.63) is 59.7 Å². The molecule has 1 aliphatic heterocycles. The highest BCUT2D eigenvalue weighted by Gasteiger charge is 2.28. The van der Waals surface area contributed by atoms with Gasteiger partial charge in [-0.2, -0.15) is 0 Å². The third-order valence-corrected chi connectivity index (χ3v) is 5.34. The summed E-state index contributed by atoms with van der Waals surface area (Å²) in [6, 6.07) is 13.8. The van der Waals surface area contributed by atoms with Crippen molar-refractivity contribution in [2.24, 2.45) is 5.92 Å². The van der Waals surface area contributed by atoms with Gasteiger partial charge in [-0.1, -0.05) is 0 Å². The molecule has 0 saturated carbocycles. The van der Waals surface area contributed by atoms with E-state index in [1.165, 1.54) is 0 Å². The second-order valence-electron chi connectivity index (χ2n) is 7.99. The number of likely N-dealkylation sites (tertiary alicyclic amines) is 1. The Morgan fingerprint density at radius 3 is 2.06 bits per heavy atom. The second kappa shape index (κ2) is 10.1. The van der Waals surface area contributed by atoms with Gasteiger partial charge in [0.25, 0.3) is 5.91 Å². The SMILES string of the molecule is COc1ccc(C(=O)C2CCN(C(=O)c3ccc(NC(=O)NC(C)C)cc3)CC2)cc1. The lowest BCUT2D eigenvalue weighted by molar-refractivity contribution is 0.0650. The molecule has 0 aliphatic carbocycles. The van der Waals surface area contributed by atoms with E-state index in [1.807, 2.05) is 13.8 Å². The zero-order valence-corrected chi connectivity index (χ0v) is 18.2. The minimum Gasteiger partial charge on any atom is -0.497 e. The summed E-state index contributed by atoms with van der Waals surface area (Å²) < 4.78 is 5.14. The number of rotatable bonds is 6. The van der Waals surface area contributed by atoms with Crippen molar-refractivity contribution in [2.45, 2.75) is 32.7 Å². The Labute approximate surface area is 182 Å². The van der Waals surface area contributed by atoms with Crippen molar-refractivity contribution in [1.82, 2.24) is 10.2 Å². The number of nitrogens with one attached hydrogen (secondary N) is 2. The quantitative estimate of drug-likeness (QED) is 0.689. The van der Waals surface area contributed by atoms with Crippen LogP contribution in [0.3, 0.4) is 0 Å². The third kappa shape index (κ3) is 5.84. The van der Waals surface area contributed by atoms with E-state index in [0.717, 1.165) is 5.75 Å². The van der Waals surface area contributed by atoms with Crippen LogP contribution in [0.15, 0.2) is 48.5 Å². The number of piperidine rings is 1. The molecule has 2 aromatic carbocycles. The van der Waals surface area contributed by atoms with Crippen molar-refractivity contribution < 1.29 is 19.1 Å². The van der Waals surface area contributed by atoms with Gasteiger partial charge in [0.05, 0.1) is 7.11 Å². The normalized spacial score (nSPS) is 14.3. The van der Waals surface area contributed by atoms with Crippen LogP contribution in [0.4, 0.5) is 10.5 Å². The van der Waals surface area contributed by atoms with Gasteiger partial charge in [0.1, 0.15) is 5.75 Å². The van der Waals surface area contributed by atoms with Crippen LogP contribution in [0.1, 0.15) is 47.4 Å². The molecule has 3 amide bonds. The summed E-state index contributed by atoms with van der Waals surface area (Å²) in [7, 11) is 1.59. The van der Waals surface area contributed by atoms with Crippen molar-refractivity contribution in [2.75, 3.05) is 25.5 Å². The third-order valence-electron chi connectivity index (χ3n) is 5.34. The number of Topliss-reactive ketones (excluding diaryl/α,β-unsaturated/α-hetero) is 1. The maximum Gasteiger partial charge on any atom is 0.319 e. The van der Waals surface area contributed by atoms with Crippen molar-refractivity contribution in [3.63, 3.8) is 0 Å². The molecule has 164 valence electrons. The van der Waals surface area contributed by atoms with E-state index in [1.54, 1.807) is 60.5 Å². The van der Waals surface area contributed by atoms with Crippen LogP contribution in [0, 0.1) is 5.92 Å². The van der Waals surface area contributed by atoms with Gasteiger partial charge in [0, 0.05) is 41.9 Å². The second-order valence-corrected chi connectivity index (χ2v) is 7.99. The number of ether oxygens (including phenoxy) is 1. The fourth-order valence-electron chi connectivity index (χ4n) is 3.64. The summed E-state index contributed by atoms with van der Waals surface area (Å²) in [5, 5.41) is 5.49. The number of benzene rings is 2. The van der Waals surface area contributed by atoms with Crippen molar-refractivity contribution >= 4 is 23.4 Å². The zero-order valence-electron chi connectivity index (χ0n) is 18.2. The van der Waals surface area contributed by atoms with Crippen LogP contribution in [-0.2, 0) is 0 Å². The van der Waals surface area contributed by atoms with E-state index in [0.29, 0.717) is 42.7 Å². The molecule has 1 fully saturated rings. The van der Waals surface area contributed by atoms with Crippen LogP contribution in [0.5, 0.6) is 5.75 Å². The van der Waals surface area contributed by atoms with Gasteiger partial charge >= 0.3 is 6.03 Å². The molecule has 2 N–H and O–H groups in total. The zero-order chi connectivity index (χ0) is 22.4. The molecule has 7 nitrogen and oxygen atoms in total. The largest absolute Gasteiger partial charge is 0.497 e. The number of carbonyl (C=O) groups is 3. The molecule has 0 unspecified atom stereocenters. The van der Waals surface area contributed by atoms with Gasteiger partial charge in [-0.05, 0) is 75.2 Å². The van der Waals surface area contributed by atoms with Gasteiger partial charge in [-0.15, -0.1) is 0 Å². The number of nitrogens with zero attached hydrogens (tertiary/aromatic N) is 1. The lowest BCUT2D eigenvalue weighted by atomic mass is 9.88. The Kier molecular flexibility index (Phi) is 7.28. The van der Waals surface area contributed by atoms with Gasteiger partial charge < -0.3 is 20.3 Å². The first kappa shape index (κ1) is 22.3. The van der Waals surface area contributed by atoms with E-state index in [2.05, 4.69) is 10.6 Å². The molecule has 0 aromatic heterocycles. The Balaban J connectivity index is 1.53. The average Bonchev–Trinajstić information content (AvgIpc) is 2.78. The van der Waals surface area contributed by atoms with Crippen LogP contribution >= 0.6 is 0 Å². The highest BCUT2D eigenvalue weighted by Crippen LogP contribution is 2.24. The highest BCUT2D eigenvalue weighted by atomic mass is 16.5. The highest BCUT2D eigenvalue weighted by molar-refractivity contribution is 5.99. The summed E-state index contributed by atoms with van der Waals surface area (Å²) in [4.78, 5) is 39.1. The molecule has 2 aromatic rings. The minimum absolute atomic E-state index is 0.0420. The summed E-state index contributed by atoms with van der Waals surface area (Å²) >= 11 is 0. The molecule has 31 heavy (non-hydrogen) atoms. The molecular formula is C24H29N3O4. The van der Waals surface area contributed by atoms with E-state index < -0.39 is 0 Å². The van der Waals surface area contributed by atoms with E-state index in [9.17, 15) is 14.4 Å². The summed E-state index contributed by atoms with van der Waals surface area (Å²) in [6.45, 7) is 4.86. The number of anilines is 1. The lowest BCUT2D eigenvalue weighted by Crippen LogP contribution is -2.40. The Morgan fingerprint density at radius 2 is 1.52 bits per heavy atom. The van der Waals surface area contributed by atoms with Crippen LogP contribution in [-0.4, -0.2) is 48.9 Å². The van der Waals surface area contributed by atoms with Crippen molar-refractivity contribution in [1.29, 1.82) is 0 Å². The van der Waals surface area contributed by atoms with E-state index in [4.69, 9.17) is 4.74 Å². The predicted octanol–water partition coefficient (Wildman–Crippen LogP) is 3.96. The molecule has 1 aliphatic rings. The fraction of sp³-hybridized carbons (Fsp3) is 0.375. The number of carbonyl (C=O) groups excluding carboxylic acids is 3. The monoisotopic (exact) mass is 423 g/mol. The average molecular weight is 424 g/mol. The first-order chi connectivity index (χ1) is 14.9. The Morgan fingerprint density at radius 1 is 0.935 bits per heavy atom. The summed E-state index contributed by atoms with van der Waals surface area (Å²) in [6.07, 6.45) is 1.29. The molecular weight excluding hydrogens is 394 g/mol. The maximum absolute atomic E-state index is 12.8. The Bertz CT molecular complexity index is 915. The first-order valence-corrected chi connectivity index (χ1v) is 10.5. The number of hydrogen-bond donors (Lipinski definition) is 2. The van der Waals surface area contributed by atoms with Gasteiger partial charge in [0.2, 0.25) is 0 Å². The van der Waals surface area contributed by atoms with Crippen molar-refractivity contribution in [3.8, 4) is 5.75 Å². The molecule has 0 bridgehead atoms. The molecule has 0 spiro atoms. The first-order valence-electron chi connectivity index (χ1n) is 10.5. The predicted molar refractivity (Wildman–Crippen MR) is 120 cm³/mol.